The second-order valence-electron chi connectivity index (χ2n) is 3.41. The molecule has 0 unspecified atom stereocenters. The SMILES string of the molecule is CCOC(=O)c1ccc(SC(C)C)cc1. The largest absolute Gasteiger partial charge is 0.462 e. The quantitative estimate of drug-likeness (QED) is 0.579. The molecule has 0 aliphatic rings. The van der Waals surface area contributed by atoms with E-state index in [1.165, 1.54) is 4.90 Å². The third-order valence-corrected chi connectivity index (χ3v) is 2.75. The number of benzene rings is 1. The highest BCUT2D eigenvalue weighted by Gasteiger charge is 2.06. The maximum absolute atomic E-state index is 11.3. The molecule has 0 heterocycles. The molecule has 0 aliphatic heterocycles. The van der Waals surface area contributed by atoms with Crippen LogP contribution in [0, 0.1) is 0 Å². The van der Waals surface area contributed by atoms with Crippen LogP contribution >= 0.6 is 11.8 Å². The second kappa shape index (κ2) is 5.81. The van der Waals surface area contributed by atoms with Gasteiger partial charge in [-0.25, -0.2) is 4.79 Å². The zero-order chi connectivity index (χ0) is 11.3. The molecule has 1 aromatic rings. The lowest BCUT2D eigenvalue weighted by molar-refractivity contribution is 0.0526. The molecule has 0 spiro atoms. The number of thioether (sulfide) groups is 1. The van der Waals surface area contributed by atoms with Crippen molar-refractivity contribution in [2.45, 2.75) is 30.9 Å². The number of carbonyl (C=O) groups is 1. The van der Waals surface area contributed by atoms with Crippen molar-refractivity contribution in [2.75, 3.05) is 6.61 Å². The van der Waals surface area contributed by atoms with Gasteiger partial charge in [0, 0.05) is 10.1 Å². The zero-order valence-electron chi connectivity index (χ0n) is 9.32. The number of ether oxygens (including phenoxy) is 1. The molecule has 0 fully saturated rings. The summed E-state index contributed by atoms with van der Waals surface area (Å²) >= 11 is 1.78. The average Bonchev–Trinajstić information content (AvgIpc) is 2.18. The minimum absolute atomic E-state index is 0.251. The van der Waals surface area contributed by atoms with Crippen LogP contribution in [-0.4, -0.2) is 17.8 Å². The minimum Gasteiger partial charge on any atom is -0.462 e. The third-order valence-electron chi connectivity index (χ3n) is 1.74. The first-order valence-corrected chi connectivity index (χ1v) is 5.95. The van der Waals surface area contributed by atoms with Gasteiger partial charge in [0.15, 0.2) is 0 Å². The lowest BCUT2D eigenvalue weighted by Crippen LogP contribution is -2.04. The first-order valence-electron chi connectivity index (χ1n) is 5.07. The van der Waals surface area contributed by atoms with E-state index >= 15 is 0 Å². The Morgan fingerprint density at radius 1 is 1.33 bits per heavy atom. The molecule has 82 valence electrons. The molecule has 0 saturated heterocycles. The van der Waals surface area contributed by atoms with Crippen LogP contribution in [0.3, 0.4) is 0 Å². The van der Waals surface area contributed by atoms with Crippen molar-refractivity contribution in [3.05, 3.63) is 29.8 Å². The molecular formula is C12H16O2S. The molecule has 1 aromatic carbocycles. The summed E-state index contributed by atoms with van der Waals surface area (Å²) in [6, 6.07) is 7.53. The summed E-state index contributed by atoms with van der Waals surface area (Å²) in [6.45, 7) is 6.51. The van der Waals surface area contributed by atoms with Crippen LogP contribution in [0.25, 0.3) is 0 Å². The lowest BCUT2D eigenvalue weighted by Gasteiger charge is -2.05. The van der Waals surface area contributed by atoms with E-state index in [0.29, 0.717) is 17.4 Å². The number of hydrogen-bond donors (Lipinski definition) is 0. The average molecular weight is 224 g/mol. The van der Waals surface area contributed by atoms with Crippen LogP contribution < -0.4 is 0 Å². The van der Waals surface area contributed by atoms with E-state index in [-0.39, 0.29) is 5.97 Å². The highest BCUT2D eigenvalue weighted by atomic mass is 32.2. The first kappa shape index (κ1) is 12.1. The monoisotopic (exact) mass is 224 g/mol. The zero-order valence-corrected chi connectivity index (χ0v) is 10.1. The van der Waals surface area contributed by atoms with Gasteiger partial charge in [-0.1, -0.05) is 13.8 Å². The number of hydrogen-bond acceptors (Lipinski definition) is 3. The first-order chi connectivity index (χ1) is 7.13. The van der Waals surface area contributed by atoms with Crippen molar-refractivity contribution in [3.8, 4) is 0 Å². The van der Waals surface area contributed by atoms with Gasteiger partial charge in [-0.3, -0.25) is 0 Å². The summed E-state index contributed by atoms with van der Waals surface area (Å²) in [5.41, 5.74) is 0.616. The maximum Gasteiger partial charge on any atom is 0.338 e. The molecule has 0 N–H and O–H groups in total. The van der Waals surface area contributed by atoms with Gasteiger partial charge in [0.25, 0.3) is 0 Å². The van der Waals surface area contributed by atoms with E-state index in [9.17, 15) is 4.79 Å². The fraction of sp³-hybridized carbons (Fsp3) is 0.417. The topological polar surface area (TPSA) is 26.3 Å². The molecular weight excluding hydrogens is 208 g/mol. The fourth-order valence-corrected chi connectivity index (χ4v) is 1.99. The molecule has 0 aromatic heterocycles. The van der Waals surface area contributed by atoms with Crippen molar-refractivity contribution >= 4 is 17.7 Å². The molecule has 0 atom stereocenters. The van der Waals surface area contributed by atoms with Gasteiger partial charge in [0.05, 0.1) is 12.2 Å². The maximum atomic E-state index is 11.3. The van der Waals surface area contributed by atoms with Gasteiger partial charge >= 0.3 is 5.97 Å². The highest BCUT2D eigenvalue weighted by molar-refractivity contribution is 7.99. The molecule has 15 heavy (non-hydrogen) atoms. The molecule has 2 nitrogen and oxygen atoms in total. The summed E-state index contributed by atoms with van der Waals surface area (Å²) in [4.78, 5) is 12.5. The van der Waals surface area contributed by atoms with Gasteiger partial charge in [-0.2, -0.15) is 0 Å². The van der Waals surface area contributed by atoms with Crippen LogP contribution in [0.15, 0.2) is 29.2 Å². The van der Waals surface area contributed by atoms with Crippen LogP contribution in [-0.2, 0) is 4.74 Å². The van der Waals surface area contributed by atoms with Crippen molar-refractivity contribution < 1.29 is 9.53 Å². The van der Waals surface area contributed by atoms with Crippen molar-refractivity contribution in [3.63, 3.8) is 0 Å². The van der Waals surface area contributed by atoms with Crippen molar-refractivity contribution in [1.29, 1.82) is 0 Å². The summed E-state index contributed by atoms with van der Waals surface area (Å²) < 4.78 is 4.90. The molecule has 0 aliphatic carbocycles. The highest BCUT2D eigenvalue weighted by Crippen LogP contribution is 2.22. The third kappa shape index (κ3) is 3.96. The van der Waals surface area contributed by atoms with Crippen LogP contribution in [0.4, 0.5) is 0 Å². The second-order valence-corrected chi connectivity index (χ2v) is 5.06. The Labute approximate surface area is 95.0 Å². The Balaban J connectivity index is 2.67. The van der Waals surface area contributed by atoms with Crippen LogP contribution in [0.1, 0.15) is 31.1 Å². The normalized spacial score (nSPS) is 10.4. The van der Waals surface area contributed by atoms with E-state index < -0.39 is 0 Å². The predicted octanol–water partition coefficient (Wildman–Crippen LogP) is 3.36. The van der Waals surface area contributed by atoms with Gasteiger partial charge in [0.1, 0.15) is 0 Å². The summed E-state index contributed by atoms with van der Waals surface area (Å²) in [7, 11) is 0. The van der Waals surface area contributed by atoms with Crippen LogP contribution in [0.5, 0.6) is 0 Å². The summed E-state index contributed by atoms with van der Waals surface area (Å²) in [5, 5.41) is 0.554. The Hall–Kier alpha value is -0.960. The number of carbonyl (C=O) groups excluding carboxylic acids is 1. The molecule has 1 rings (SSSR count). The van der Waals surface area contributed by atoms with Gasteiger partial charge < -0.3 is 4.74 Å². The molecule has 0 bridgehead atoms. The van der Waals surface area contributed by atoms with Gasteiger partial charge in [-0.15, -0.1) is 11.8 Å². The summed E-state index contributed by atoms with van der Waals surface area (Å²) in [6.07, 6.45) is 0. The Morgan fingerprint density at radius 2 is 1.93 bits per heavy atom. The smallest absolute Gasteiger partial charge is 0.338 e. The Morgan fingerprint density at radius 3 is 2.40 bits per heavy atom. The van der Waals surface area contributed by atoms with E-state index in [1.807, 2.05) is 24.3 Å². The molecule has 3 heteroatoms. The Bertz CT molecular complexity index is 317. The summed E-state index contributed by atoms with van der Waals surface area (Å²) in [5.74, 6) is -0.251. The molecule has 0 amide bonds. The molecule has 0 saturated carbocycles. The van der Waals surface area contributed by atoms with Crippen molar-refractivity contribution in [1.82, 2.24) is 0 Å². The van der Waals surface area contributed by atoms with Crippen molar-refractivity contribution in [2.24, 2.45) is 0 Å². The van der Waals surface area contributed by atoms with E-state index in [0.717, 1.165) is 0 Å². The molecule has 0 radical (unpaired) electrons. The van der Waals surface area contributed by atoms with E-state index in [4.69, 9.17) is 4.74 Å². The minimum atomic E-state index is -0.251. The predicted molar refractivity (Wildman–Crippen MR) is 63.4 cm³/mol. The number of rotatable bonds is 4. The fourth-order valence-electron chi connectivity index (χ4n) is 1.16. The van der Waals surface area contributed by atoms with E-state index in [1.54, 1.807) is 18.7 Å². The van der Waals surface area contributed by atoms with Gasteiger partial charge in [0.2, 0.25) is 0 Å². The Kier molecular flexibility index (Phi) is 4.69. The van der Waals surface area contributed by atoms with E-state index in [2.05, 4.69) is 13.8 Å². The number of esters is 1. The van der Waals surface area contributed by atoms with Crippen LogP contribution in [0.2, 0.25) is 0 Å². The standard InChI is InChI=1S/C12H16O2S/c1-4-14-12(13)10-5-7-11(8-6-10)15-9(2)3/h5-9H,4H2,1-3H3. The lowest BCUT2D eigenvalue weighted by atomic mass is 10.2. The van der Waals surface area contributed by atoms with Gasteiger partial charge in [-0.05, 0) is 31.2 Å².